The number of halogens is 5. The summed E-state index contributed by atoms with van der Waals surface area (Å²) in [7, 11) is -1.08. The summed E-state index contributed by atoms with van der Waals surface area (Å²) >= 11 is 3.55. The second-order valence-electron chi connectivity index (χ2n) is 7.08. The Hall–Kier alpha value is -3.47. The molecule has 184 valence electrons. The Morgan fingerprint density at radius 1 is 0.771 bits per heavy atom. The number of methoxy groups -OCH3 is 3. The van der Waals surface area contributed by atoms with Gasteiger partial charge in [0.05, 0.1) is 32.8 Å². The molecule has 4 rings (SSSR count). The zero-order chi connectivity index (χ0) is 25.6. The minimum atomic E-state index is -6.00. The van der Waals surface area contributed by atoms with Crippen molar-refractivity contribution >= 4 is 39.8 Å². The highest BCUT2D eigenvalue weighted by molar-refractivity contribution is 9.10. The molecule has 0 bridgehead atoms. The summed E-state index contributed by atoms with van der Waals surface area (Å²) in [6.07, 6.45) is 0. The molecule has 3 aromatic carbocycles. The summed E-state index contributed by atoms with van der Waals surface area (Å²) in [5.41, 5.74) is 2.54. The van der Waals surface area contributed by atoms with Crippen LogP contribution in [0.1, 0.15) is 0 Å². The first-order chi connectivity index (χ1) is 16.6. The van der Waals surface area contributed by atoms with Gasteiger partial charge in [-0.2, -0.15) is 0 Å². The van der Waals surface area contributed by atoms with E-state index in [1.165, 1.54) is 0 Å². The highest BCUT2D eigenvalue weighted by atomic mass is 79.9. The molecule has 11 heteroatoms. The van der Waals surface area contributed by atoms with Gasteiger partial charge >= 0.3 is 7.25 Å². The number of benzene rings is 3. The maximum Gasteiger partial charge on any atom is 0.673 e. The molecule has 0 saturated heterocycles. The standard InChI is InChI=1S/C24H20BrNO4.BF4/c1-27-17-7-4-15(5-8-17)23-14-21(19-12-16(25)6-11-22(19)30-23)26-20-10-9-18(28-2)13-24(20)29-3;2-1(3,4)5/h4-14H,1-3H3;/q;-1/p+1. The van der Waals surface area contributed by atoms with Crippen LogP contribution in [0.4, 0.5) is 23.0 Å². The molecule has 1 aromatic heterocycles. The smallest absolute Gasteiger partial charge is 0.497 e. The fourth-order valence-electron chi connectivity index (χ4n) is 3.21. The number of nitrogens with one attached hydrogen (secondary N) is 1. The molecule has 0 amide bonds. The van der Waals surface area contributed by atoms with Crippen LogP contribution in [-0.4, -0.2) is 28.6 Å². The normalized spacial score (nSPS) is 11.6. The molecule has 0 aliphatic rings. The lowest BCUT2D eigenvalue weighted by atomic mass is 10.1. The summed E-state index contributed by atoms with van der Waals surface area (Å²) in [5.74, 6) is 2.95. The van der Waals surface area contributed by atoms with Crippen LogP contribution in [0, 0.1) is 0 Å². The summed E-state index contributed by atoms with van der Waals surface area (Å²) < 4.78 is 62.3. The van der Waals surface area contributed by atoms with Gasteiger partial charge in [-0.25, -0.2) is 4.99 Å². The highest BCUT2D eigenvalue weighted by Gasteiger charge is 2.20. The van der Waals surface area contributed by atoms with E-state index >= 15 is 0 Å². The Morgan fingerprint density at radius 3 is 2.00 bits per heavy atom. The molecule has 0 fully saturated rings. The van der Waals surface area contributed by atoms with Gasteiger partial charge in [-0.15, -0.1) is 0 Å². The van der Waals surface area contributed by atoms with Crippen LogP contribution in [0.5, 0.6) is 17.2 Å². The van der Waals surface area contributed by atoms with Crippen LogP contribution >= 0.6 is 15.9 Å². The maximum absolute atomic E-state index is 9.75. The highest BCUT2D eigenvalue weighted by Crippen LogP contribution is 2.27. The molecule has 1 heterocycles. The molecule has 0 aliphatic heterocycles. The molecule has 4 aromatic rings. The monoisotopic (exact) mass is 553 g/mol. The van der Waals surface area contributed by atoms with Crippen molar-refractivity contribution in [1.29, 1.82) is 0 Å². The van der Waals surface area contributed by atoms with Gasteiger partial charge in [-0.3, -0.25) is 0 Å². The minimum Gasteiger partial charge on any atom is -0.497 e. The Morgan fingerprint density at radius 2 is 1.40 bits per heavy atom. The topological polar surface area (TPSA) is 54.8 Å². The maximum atomic E-state index is 9.75. The lowest BCUT2D eigenvalue weighted by Gasteiger charge is -2.06. The van der Waals surface area contributed by atoms with Crippen molar-refractivity contribution < 1.29 is 40.9 Å². The third-order valence-corrected chi connectivity index (χ3v) is 5.27. The summed E-state index contributed by atoms with van der Waals surface area (Å²) in [5, 5.41) is 1.84. The fraction of sp³-hybridized carbons (Fsp3) is 0.125. The van der Waals surface area contributed by atoms with E-state index in [2.05, 4.69) is 20.9 Å². The van der Waals surface area contributed by atoms with Crippen molar-refractivity contribution in [3.8, 4) is 28.6 Å². The van der Waals surface area contributed by atoms with Crippen molar-refractivity contribution in [1.82, 2.24) is 0 Å². The van der Waals surface area contributed by atoms with Crippen LogP contribution in [0.2, 0.25) is 0 Å². The predicted octanol–water partition coefficient (Wildman–Crippen LogP) is 5.50. The van der Waals surface area contributed by atoms with Crippen LogP contribution in [0.3, 0.4) is 0 Å². The second-order valence-corrected chi connectivity index (χ2v) is 8.00. The van der Waals surface area contributed by atoms with E-state index in [9.17, 15) is 17.3 Å². The largest absolute Gasteiger partial charge is 0.673 e. The van der Waals surface area contributed by atoms with E-state index in [1.807, 2.05) is 66.7 Å². The molecule has 0 saturated carbocycles. The summed E-state index contributed by atoms with van der Waals surface area (Å²) in [6.45, 7) is 0. The van der Waals surface area contributed by atoms with Crippen LogP contribution in [0.25, 0.3) is 22.3 Å². The zero-order valence-electron chi connectivity index (χ0n) is 19.0. The number of ether oxygens (including phenoxy) is 3. The lowest BCUT2D eigenvalue weighted by molar-refractivity contribution is -0.401. The van der Waals surface area contributed by atoms with Crippen molar-refractivity contribution in [3.63, 3.8) is 0 Å². The first kappa shape index (κ1) is 26.1. The van der Waals surface area contributed by atoms with E-state index in [0.717, 1.165) is 49.3 Å². The van der Waals surface area contributed by atoms with Crippen molar-refractivity contribution in [2.75, 3.05) is 21.3 Å². The molecule has 0 aliphatic carbocycles. The minimum absolute atomic E-state index is 0.685. The van der Waals surface area contributed by atoms with Gasteiger partial charge in [0.2, 0.25) is 11.0 Å². The first-order valence-corrected chi connectivity index (χ1v) is 11.0. The first-order valence-electron chi connectivity index (χ1n) is 10.2. The lowest BCUT2D eigenvalue weighted by Crippen LogP contribution is -2.70. The average molecular weight is 554 g/mol. The van der Waals surface area contributed by atoms with Gasteiger partial charge < -0.3 is 35.9 Å². The van der Waals surface area contributed by atoms with E-state index in [0.29, 0.717) is 5.75 Å². The van der Waals surface area contributed by atoms with E-state index in [4.69, 9.17) is 18.6 Å². The molecular formula is C24H21BBrF4NO4. The fourth-order valence-corrected chi connectivity index (χ4v) is 3.57. The molecular weight excluding hydrogens is 533 g/mol. The second kappa shape index (κ2) is 11.3. The summed E-state index contributed by atoms with van der Waals surface area (Å²) in [6, 6.07) is 21.4. The van der Waals surface area contributed by atoms with Gasteiger partial charge in [0.15, 0.2) is 5.75 Å². The molecule has 0 unspecified atom stereocenters. The van der Waals surface area contributed by atoms with Gasteiger partial charge in [0.1, 0.15) is 22.8 Å². The SMILES string of the molecule is COc1ccc(-c2cc(=[NH+]c3ccc(OC)cc3OC)c3cc(Br)ccc3o2)cc1.F[B-](F)(F)F. The molecule has 35 heavy (non-hydrogen) atoms. The Balaban J connectivity index is 0.000000623. The molecule has 0 radical (unpaired) electrons. The van der Waals surface area contributed by atoms with Gasteiger partial charge in [-0.05, 0) is 48.5 Å². The molecule has 0 atom stereocenters. The van der Waals surface area contributed by atoms with Crippen molar-refractivity contribution in [2.45, 2.75) is 0 Å². The van der Waals surface area contributed by atoms with E-state index < -0.39 is 7.25 Å². The number of hydrogen-bond acceptors (Lipinski definition) is 4. The number of hydrogen-bond donors (Lipinski definition) is 1. The van der Waals surface area contributed by atoms with Crippen LogP contribution in [0.15, 0.2) is 75.6 Å². The Bertz CT molecular complexity index is 1370. The van der Waals surface area contributed by atoms with Crippen molar-refractivity contribution in [2.24, 2.45) is 0 Å². The van der Waals surface area contributed by atoms with E-state index in [1.54, 1.807) is 21.3 Å². The molecule has 5 nitrogen and oxygen atoms in total. The third-order valence-electron chi connectivity index (χ3n) is 4.78. The predicted molar refractivity (Wildman–Crippen MR) is 129 cm³/mol. The zero-order valence-corrected chi connectivity index (χ0v) is 20.5. The Kier molecular flexibility index (Phi) is 8.45. The van der Waals surface area contributed by atoms with Gasteiger partial charge in [0.25, 0.3) is 0 Å². The van der Waals surface area contributed by atoms with E-state index in [-0.39, 0.29) is 0 Å². The molecule has 1 N–H and O–H groups in total. The third kappa shape index (κ3) is 7.26. The van der Waals surface area contributed by atoms with Gasteiger partial charge in [-0.1, -0.05) is 15.9 Å². The number of rotatable bonds is 5. The Labute approximate surface area is 207 Å². The van der Waals surface area contributed by atoms with Crippen LogP contribution in [-0.2, 0) is 0 Å². The molecule has 0 spiro atoms. The van der Waals surface area contributed by atoms with Crippen molar-refractivity contribution in [3.05, 3.63) is 76.6 Å². The number of fused-ring (bicyclic) bond motifs is 1. The van der Waals surface area contributed by atoms with Crippen LogP contribution < -0.4 is 24.6 Å². The average Bonchev–Trinajstić information content (AvgIpc) is 2.83. The van der Waals surface area contributed by atoms with Gasteiger partial charge in [0, 0.05) is 22.2 Å². The quantitative estimate of drug-likeness (QED) is 0.262. The summed E-state index contributed by atoms with van der Waals surface area (Å²) in [4.78, 5) is 3.49.